The number of rotatable bonds is 7. The molecule has 136 valence electrons. The first kappa shape index (κ1) is 19.7. The second-order valence-corrected chi connectivity index (χ2v) is 6.10. The van der Waals surface area contributed by atoms with E-state index in [2.05, 4.69) is 18.8 Å². The van der Waals surface area contributed by atoms with E-state index in [1.165, 1.54) is 25.3 Å². The number of carbonyl (C=O) groups excluding carboxylic acids is 1. The quantitative estimate of drug-likeness (QED) is 0.347. The van der Waals surface area contributed by atoms with Crippen molar-refractivity contribution in [1.82, 2.24) is 0 Å². The van der Waals surface area contributed by atoms with Crippen LogP contribution in [0.2, 0.25) is 0 Å². The zero-order chi connectivity index (χ0) is 18.8. The van der Waals surface area contributed by atoms with Gasteiger partial charge in [0.1, 0.15) is 5.82 Å². The molecule has 0 spiro atoms. The number of halogens is 1. The Bertz CT molecular complexity index is 782. The van der Waals surface area contributed by atoms with Crippen LogP contribution in [0.1, 0.15) is 61.9 Å². The molecule has 0 bridgehead atoms. The lowest BCUT2D eigenvalue weighted by Gasteiger charge is -2.05. The summed E-state index contributed by atoms with van der Waals surface area (Å²) in [5.74, 6) is 5.30. The molecule has 2 nitrogen and oxygen atoms in total. The van der Waals surface area contributed by atoms with Crippen LogP contribution in [-0.4, -0.2) is 12.6 Å². The van der Waals surface area contributed by atoms with E-state index < -0.39 is 0 Å². The Morgan fingerprint density at radius 3 is 2.38 bits per heavy atom. The molecule has 26 heavy (non-hydrogen) atoms. The molecule has 0 amide bonds. The minimum Gasteiger partial charge on any atom is -0.462 e. The Labute approximate surface area is 155 Å². The predicted molar refractivity (Wildman–Crippen MR) is 103 cm³/mol. The van der Waals surface area contributed by atoms with Crippen LogP contribution in [0.25, 0.3) is 11.1 Å². The van der Waals surface area contributed by atoms with Gasteiger partial charge in [-0.15, -0.1) is 0 Å². The molecule has 0 aliphatic rings. The number of hydrogen-bond acceptors (Lipinski definition) is 2. The van der Waals surface area contributed by atoms with Crippen molar-refractivity contribution in [2.45, 2.75) is 46.0 Å². The highest BCUT2D eigenvalue weighted by Crippen LogP contribution is 2.22. The molecular weight excluding hydrogens is 327 g/mol. The largest absolute Gasteiger partial charge is 0.462 e. The number of benzene rings is 2. The smallest absolute Gasteiger partial charge is 0.338 e. The van der Waals surface area contributed by atoms with Crippen molar-refractivity contribution < 1.29 is 13.9 Å². The van der Waals surface area contributed by atoms with Gasteiger partial charge in [0, 0.05) is 6.42 Å². The molecule has 3 heteroatoms. The van der Waals surface area contributed by atoms with Crippen LogP contribution in [0, 0.1) is 17.7 Å². The van der Waals surface area contributed by atoms with Gasteiger partial charge in [-0.3, -0.25) is 0 Å². The third kappa shape index (κ3) is 5.74. The van der Waals surface area contributed by atoms with E-state index in [9.17, 15) is 9.18 Å². The summed E-state index contributed by atoms with van der Waals surface area (Å²) in [7, 11) is 0. The Balaban J connectivity index is 2.04. The van der Waals surface area contributed by atoms with E-state index >= 15 is 0 Å². The standard InChI is InChI=1S/C23H25FO2/c1-3-5-6-7-8-9-10-19-13-16-21(17-22(19)24)18-11-14-20(15-12-18)23(25)26-4-2/h11-17H,3-8H2,1-2H3. The van der Waals surface area contributed by atoms with E-state index in [-0.39, 0.29) is 11.8 Å². The molecule has 0 N–H and O–H groups in total. The van der Waals surface area contributed by atoms with Crippen LogP contribution in [-0.2, 0) is 4.74 Å². The fraction of sp³-hybridized carbons (Fsp3) is 0.348. The molecule has 0 saturated carbocycles. The van der Waals surface area contributed by atoms with Crippen molar-refractivity contribution in [3.05, 3.63) is 59.4 Å². The number of unbranched alkanes of at least 4 members (excludes halogenated alkanes) is 4. The molecule has 2 aromatic carbocycles. The predicted octanol–water partition coefficient (Wildman–Crippen LogP) is 5.99. The van der Waals surface area contributed by atoms with E-state index in [0.29, 0.717) is 17.7 Å². The van der Waals surface area contributed by atoms with Gasteiger partial charge in [-0.25, -0.2) is 9.18 Å². The first-order valence-corrected chi connectivity index (χ1v) is 9.21. The topological polar surface area (TPSA) is 26.3 Å². The minimum atomic E-state index is -0.352. The maximum atomic E-state index is 14.3. The number of ether oxygens (including phenoxy) is 1. The van der Waals surface area contributed by atoms with Gasteiger partial charge >= 0.3 is 5.97 Å². The van der Waals surface area contributed by atoms with Gasteiger partial charge in [-0.2, -0.15) is 0 Å². The summed E-state index contributed by atoms with van der Waals surface area (Å²) in [6.45, 7) is 4.28. The van der Waals surface area contributed by atoms with Gasteiger partial charge in [-0.05, 0) is 48.7 Å². The van der Waals surface area contributed by atoms with Crippen molar-refractivity contribution in [2.75, 3.05) is 6.61 Å². The van der Waals surface area contributed by atoms with Crippen LogP contribution in [0.15, 0.2) is 42.5 Å². The Kier molecular flexibility index (Phi) is 7.89. The summed E-state index contributed by atoms with van der Waals surface area (Å²) in [6, 6.07) is 12.0. The molecular formula is C23H25FO2. The van der Waals surface area contributed by atoms with Crippen LogP contribution in [0.5, 0.6) is 0 Å². The Hall–Kier alpha value is -2.60. The van der Waals surface area contributed by atoms with Crippen molar-refractivity contribution >= 4 is 5.97 Å². The Morgan fingerprint density at radius 1 is 1.00 bits per heavy atom. The molecule has 0 fully saturated rings. The highest BCUT2D eigenvalue weighted by Gasteiger charge is 2.08. The zero-order valence-electron chi connectivity index (χ0n) is 15.5. The first-order valence-electron chi connectivity index (χ1n) is 9.21. The molecule has 0 aliphatic heterocycles. The average Bonchev–Trinajstić information content (AvgIpc) is 2.66. The molecule has 2 aromatic rings. The van der Waals surface area contributed by atoms with Crippen LogP contribution in [0.4, 0.5) is 4.39 Å². The summed E-state index contributed by atoms with van der Waals surface area (Å²) in [6.07, 6.45) is 5.46. The molecule has 0 aromatic heterocycles. The number of carbonyl (C=O) groups is 1. The number of esters is 1. The summed E-state index contributed by atoms with van der Waals surface area (Å²) >= 11 is 0. The fourth-order valence-electron chi connectivity index (χ4n) is 2.61. The lowest BCUT2D eigenvalue weighted by Crippen LogP contribution is -2.04. The third-order valence-corrected chi connectivity index (χ3v) is 4.08. The Morgan fingerprint density at radius 2 is 1.73 bits per heavy atom. The lowest BCUT2D eigenvalue weighted by molar-refractivity contribution is 0.0526. The maximum absolute atomic E-state index is 14.3. The molecule has 0 heterocycles. The molecule has 0 aliphatic carbocycles. The highest BCUT2D eigenvalue weighted by atomic mass is 19.1. The van der Waals surface area contributed by atoms with Crippen LogP contribution < -0.4 is 0 Å². The average molecular weight is 352 g/mol. The van der Waals surface area contributed by atoms with Crippen molar-refractivity contribution in [3.8, 4) is 23.0 Å². The fourth-order valence-corrected chi connectivity index (χ4v) is 2.61. The van der Waals surface area contributed by atoms with E-state index in [4.69, 9.17) is 4.74 Å². The molecule has 0 radical (unpaired) electrons. The van der Waals surface area contributed by atoms with Gasteiger partial charge < -0.3 is 4.74 Å². The lowest BCUT2D eigenvalue weighted by atomic mass is 10.0. The minimum absolute atomic E-state index is 0.321. The molecule has 0 unspecified atom stereocenters. The third-order valence-electron chi connectivity index (χ3n) is 4.08. The van der Waals surface area contributed by atoms with Crippen molar-refractivity contribution in [3.63, 3.8) is 0 Å². The summed E-state index contributed by atoms with van der Waals surface area (Å²) in [5, 5.41) is 0. The summed E-state index contributed by atoms with van der Waals surface area (Å²) in [5.41, 5.74) is 2.51. The molecule has 2 rings (SSSR count). The maximum Gasteiger partial charge on any atom is 0.338 e. The van der Waals surface area contributed by atoms with Gasteiger partial charge in [0.15, 0.2) is 0 Å². The monoisotopic (exact) mass is 352 g/mol. The highest BCUT2D eigenvalue weighted by molar-refractivity contribution is 5.90. The van der Waals surface area contributed by atoms with Crippen LogP contribution >= 0.6 is 0 Å². The van der Waals surface area contributed by atoms with E-state index in [0.717, 1.165) is 24.0 Å². The van der Waals surface area contributed by atoms with Gasteiger partial charge in [0.25, 0.3) is 0 Å². The van der Waals surface area contributed by atoms with Gasteiger partial charge in [0.2, 0.25) is 0 Å². The van der Waals surface area contributed by atoms with Gasteiger partial charge in [0.05, 0.1) is 17.7 Å². The zero-order valence-corrected chi connectivity index (χ0v) is 15.5. The number of hydrogen-bond donors (Lipinski definition) is 0. The molecule has 0 saturated heterocycles. The van der Waals surface area contributed by atoms with E-state index in [1.54, 1.807) is 37.3 Å². The first-order chi connectivity index (χ1) is 12.7. The SMILES string of the molecule is CCCCCCC#Cc1ccc(-c2ccc(C(=O)OCC)cc2)cc1F. The normalized spacial score (nSPS) is 10.1. The summed E-state index contributed by atoms with van der Waals surface area (Å²) in [4.78, 5) is 11.7. The van der Waals surface area contributed by atoms with Crippen LogP contribution in [0.3, 0.4) is 0 Å². The van der Waals surface area contributed by atoms with E-state index in [1.807, 2.05) is 6.07 Å². The summed E-state index contributed by atoms with van der Waals surface area (Å²) < 4.78 is 19.3. The van der Waals surface area contributed by atoms with Crippen molar-refractivity contribution in [1.29, 1.82) is 0 Å². The van der Waals surface area contributed by atoms with Gasteiger partial charge in [-0.1, -0.05) is 56.2 Å². The second-order valence-electron chi connectivity index (χ2n) is 6.10. The molecule has 0 atom stereocenters. The van der Waals surface area contributed by atoms with Crippen molar-refractivity contribution in [2.24, 2.45) is 0 Å². The second kappa shape index (κ2) is 10.4.